The van der Waals surface area contributed by atoms with E-state index in [0.29, 0.717) is 10.8 Å². The molecule has 114 valence electrons. The zero-order chi connectivity index (χ0) is 15.7. The van der Waals surface area contributed by atoms with Crippen LogP contribution in [0.25, 0.3) is 0 Å². The average Bonchev–Trinajstić information content (AvgIpc) is 2.36. The number of nitrogens with one attached hydrogen (secondary N) is 1. The molecule has 0 radical (unpaired) electrons. The summed E-state index contributed by atoms with van der Waals surface area (Å²) in [6, 6.07) is 4.04. The first kappa shape index (κ1) is 17.1. The summed E-state index contributed by atoms with van der Waals surface area (Å²) in [5.41, 5.74) is 2.92. The predicted octanol–water partition coefficient (Wildman–Crippen LogP) is 2.49. The first-order chi connectivity index (χ1) is 9.11. The van der Waals surface area contributed by atoms with E-state index in [2.05, 4.69) is 24.5 Å². The van der Waals surface area contributed by atoms with Crippen molar-refractivity contribution in [1.82, 2.24) is 4.83 Å². The fraction of sp³-hybridized carbons (Fsp3) is 0.600. The summed E-state index contributed by atoms with van der Waals surface area (Å²) in [7, 11) is -3.55. The minimum Gasteiger partial charge on any atom is -0.266 e. The van der Waals surface area contributed by atoms with Crippen LogP contribution >= 0.6 is 0 Å². The molecule has 1 rings (SSSR count). The summed E-state index contributed by atoms with van der Waals surface area (Å²) in [5, 5.41) is 0. The predicted molar refractivity (Wildman–Crippen MR) is 81.9 cm³/mol. The van der Waals surface area contributed by atoms with Gasteiger partial charge in [0.05, 0.1) is 4.90 Å². The van der Waals surface area contributed by atoms with E-state index in [0.717, 1.165) is 11.1 Å². The molecular formula is C15H27N2O2S+. The normalized spacial score (nSPS) is 12.7. The Morgan fingerprint density at radius 2 is 1.30 bits per heavy atom. The van der Waals surface area contributed by atoms with Crippen molar-refractivity contribution in [2.75, 3.05) is 0 Å². The SMILES string of the molecule is CC(C)c1cc(C(C)C)c(S(=O)(=O)N[NH3+])c(C(C)C)c1. The zero-order valence-corrected chi connectivity index (χ0v) is 14.1. The highest BCUT2D eigenvalue weighted by molar-refractivity contribution is 7.89. The van der Waals surface area contributed by atoms with Crippen LogP contribution in [0.3, 0.4) is 0 Å². The van der Waals surface area contributed by atoms with Gasteiger partial charge in [0.2, 0.25) is 0 Å². The summed E-state index contributed by atoms with van der Waals surface area (Å²) in [6.45, 7) is 12.3. The third-order valence-electron chi connectivity index (χ3n) is 3.54. The molecule has 1 aromatic rings. The highest BCUT2D eigenvalue weighted by Crippen LogP contribution is 2.34. The summed E-state index contributed by atoms with van der Waals surface area (Å²) in [5.74, 6) is 4.01. The van der Waals surface area contributed by atoms with Crippen molar-refractivity contribution >= 4 is 10.0 Å². The van der Waals surface area contributed by atoms with Gasteiger partial charge in [0.1, 0.15) is 0 Å². The average molecular weight is 299 g/mol. The van der Waals surface area contributed by atoms with Gasteiger partial charge in [-0.05, 0) is 34.4 Å². The fourth-order valence-electron chi connectivity index (χ4n) is 2.27. The van der Waals surface area contributed by atoms with Crippen molar-refractivity contribution in [3.05, 3.63) is 28.8 Å². The first-order valence-corrected chi connectivity index (χ1v) is 8.56. The van der Waals surface area contributed by atoms with Gasteiger partial charge in [-0.15, -0.1) is 0 Å². The second-order valence-corrected chi connectivity index (χ2v) is 7.84. The Labute approximate surface area is 122 Å². The van der Waals surface area contributed by atoms with E-state index in [1.165, 1.54) is 5.56 Å². The largest absolute Gasteiger partial charge is 0.282 e. The summed E-state index contributed by atoms with van der Waals surface area (Å²) >= 11 is 0. The summed E-state index contributed by atoms with van der Waals surface area (Å²) < 4.78 is 24.7. The Hall–Kier alpha value is -0.910. The molecule has 0 fully saturated rings. The van der Waals surface area contributed by atoms with Crippen molar-refractivity contribution in [2.24, 2.45) is 0 Å². The lowest BCUT2D eigenvalue weighted by Crippen LogP contribution is -2.67. The molecule has 0 atom stereocenters. The Bertz CT molecular complexity index is 547. The van der Waals surface area contributed by atoms with Crippen LogP contribution in [-0.4, -0.2) is 8.42 Å². The van der Waals surface area contributed by atoms with Crippen LogP contribution < -0.4 is 10.7 Å². The second kappa shape index (κ2) is 6.24. The quantitative estimate of drug-likeness (QED) is 0.820. The van der Waals surface area contributed by atoms with Gasteiger partial charge in [0.25, 0.3) is 10.0 Å². The molecule has 0 aromatic heterocycles. The van der Waals surface area contributed by atoms with E-state index in [4.69, 9.17) is 0 Å². The molecule has 1 aromatic carbocycles. The van der Waals surface area contributed by atoms with Crippen molar-refractivity contribution in [3.63, 3.8) is 0 Å². The highest BCUT2D eigenvalue weighted by Gasteiger charge is 2.26. The maximum Gasteiger partial charge on any atom is 0.282 e. The van der Waals surface area contributed by atoms with Crippen LogP contribution in [0.1, 0.15) is 76.0 Å². The Morgan fingerprint density at radius 3 is 1.55 bits per heavy atom. The number of hydrogen-bond donors (Lipinski definition) is 2. The zero-order valence-electron chi connectivity index (χ0n) is 13.3. The maximum absolute atomic E-state index is 12.4. The standard InChI is InChI=1S/C15H26N2O2S/c1-9(2)12-7-13(10(3)4)15(20(18,19)17-16)14(8-12)11(5)6/h7-11,17H,16H2,1-6H3/p+1. The minimum atomic E-state index is -3.55. The van der Waals surface area contributed by atoms with Gasteiger partial charge in [0.15, 0.2) is 0 Å². The Balaban J connectivity index is 3.78. The van der Waals surface area contributed by atoms with Crippen molar-refractivity contribution in [3.8, 4) is 0 Å². The van der Waals surface area contributed by atoms with E-state index >= 15 is 0 Å². The minimum absolute atomic E-state index is 0.143. The van der Waals surface area contributed by atoms with Crippen LogP contribution in [-0.2, 0) is 10.0 Å². The van der Waals surface area contributed by atoms with Crippen LogP contribution in [0.2, 0.25) is 0 Å². The van der Waals surface area contributed by atoms with Crippen LogP contribution in [0.15, 0.2) is 17.0 Å². The Morgan fingerprint density at radius 1 is 0.900 bits per heavy atom. The second-order valence-electron chi connectivity index (χ2n) is 6.14. The molecule has 0 aliphatic carbocycles. The van der Waals surface area contributed by atoms with Crippen LogP contribution in [0.4, 0.5) is 0 Å². The summed E-state index contributed by atoms with van der Waals surface area (Å²) in [6.07, 6.45) is 0. The molecule has 4 N–H and O–H groups in total. The van der Waals surface area contributed by atoms with E-state index in [1.54, 1.807) is 0 Å². The van der Waals surface area contributed by atoms with Gasteiger partial charge in [-0.1, -0.05) is 58.5 Å². The van der Waals surface area contributed by atoms with Gasteiger partial charge >= 0.3 is 0 Å². The summed E-state index contributed by atoms with van der Waals surface area (Å²) in [4.78, 5) is 2.62. The molecule has 0 unspecified atom stereocenters. The molecular weight excluding hydrogens is 272 g/mol. The van der Waals surface area contributed by atoms with Gasteiger partial charge in [0, 0.05) is 0 Å². The maximum atomic E-state index is 12.4. The number of rotatable bonds is 5. The number of sulfonamides is 1. The van der Waals surface area contributed by atoms with Gasteiger partial charge < -0.3 is 0 Å². The molecule has 20 heavy (non-hydrogen) atoms. The van der Waals surface area contributed by atoms with Crippen molar-refractivity contribution in [2.45, 2.75) is 64.2 Å². The monoisotopic (exact) mass is 299 g/mol. The molecule has 0 aliphatic heterocycles. The van der Waals surface area contributed by atoms with Gasteiger partial charge in [-0.3, -0.25) is 5.84 Å². The number of hydrogen-bond acceptors (Lipinski definition) is 2. The van der Waals surface area contributed by atoms with Crippen LogP contribution in [0.5, 0.6) is 0 Å². The van der Waals surface area contributed by atoms with Crippen molar-refractivity contribution in [1.29, 1.82) is 0 Å². The molecule has 0 aliphatic rings. The van der Waals surface area contributed by atoms with E-state index in [1.807, 2.05) is 39.8 Å². The fourth-order valence-corrected chi connectivity index (χ4v) is 3.63. The lowest BCUT2D eigenvalue weighted by atomic mass is 9.89. The number of benzene rings is 1. The number of quaternary nitrogens is 1. The molecule has 4 nitrogen and oxygen atoms in total. The molecule has 0 saturated heterocycles. The molecule has 0 amide bonds. The molecule has 5 heteroatoms. The van der Waals surface area contributed by atoms with Gasteiger partial charge in [-0.2, -0.15) is 0 Å². The van der Waals surface area contributed by atoms with E-state index < -0.39 is 10.0 Å². The molecule has 0 spiro atoms. The lowest BCUT2D eigenvalue weighted by Gasteiger charge is -2.21. The lowest BCUT2D eigenvalue weighted by molar-refractivity contribution is -0.411. The van der Waals surface area contributed by atoms with Gasteiger partial charge in [-0.25, -0.2) is 8.42 Å². The molecule has 0 heterocycles. The Kier molecular flexibility index (Phi) is 5.35. The molecule has 0 saturated carbocycles. The van der Waals surface area contributed by atoms with E-state index in [9.17, 15) is 8.42 Å². The first-order valence-electron chi connectivity index (χ1n) is 7.08. The molecule has 0 bridgehead atoms. The topological polar surface area (TPSA) is 73.8 Å². The van der Waals surface area contributed by atoms with E-state index in [-0.39, 0.29) is 11.8 Å². The van der Waals surface area contributed by atoms with Crippen LogP contribution in [0, 0.1) is 0 Å². The highest BCUT2D eigenvalue weighted by atomic mass is 32.2. The third-order valence-corrected chi connectivity index (χ3v) is 4.93. The third kappa shape index (κ3) is 3.40. The smallest absolute Gasteiger partial charge is 0.266 e. The van der Waals surface area contributed by atoms with Crippen molar-refractivity contribution < 1.29 is 14.3 Å².